The molecule has 4 nitrogen and oxygen atoms in total. The van der Waals surface area contributed by atoms with E-state index in [0.29, 0.717) is 0 Å². The van der Waals surface area contributed by atoms with Crippen LogP contribution in [0.5, 0.6) is 0 Å². The molecule has 0 N–H and O–H groups in total. The summed E-state index contributed by atoms with van der Waals surface area (Å²) in [6.45, 7) is 0. The Labute approximate surface area is 97.4 Å². The van der Waals surface area contributed by atoms with Crippen molar-refractivity contribution in [2.75, 3.05) is 0 Å². The maximum Gasteiger partial charge on any atom is 0.228 e. The van der Waals surface area contributed by atoms with Gasteiger partial charge in [-0.2, -0.15) is 0 Å². The van der Waals surface area contributed by atoms with E-state index in [-0.39, 0.29) is 10.5 Å². The summed E-state index contributed by atoms with van der Waals surface area (Å²) in [6, 6.07) is 4.56. The first-order valence-corrected chi connectivity index (χ1v) is 9.89. The van der Waals surface area contributed by atoms with Gasteiger partial charge in [-0.3, -0.25) is 0 Å². The Kier molecular flexibility index (Phi) is 4.06. The molecule has 0 heterocycles. The van der Waals surface area contributed by atoms with Gasteiger partial charge < -0.3 is 0 Å². The maximum absolute atomic E-state index is 13.3. The molecule has 0 aromatic heterocycles. The van der Waals surface area contributed by atoms with Crippen LogP contribution in [0.25, 0.3) is 0 Å². The molecular formula is C7H9FO4P2S2. The number of halogens is 1. The fourth-order valence-electron chi connectivity index (χ4n) is 0.998. The highest BCUT2D eigenvalue weighted by Crippen LogP contribution is 2.29. The molecule has 0 amide bonds. The predicted molar refractivity (Wildman–Crippen MR) is 65.8 cm³/mol. The van der Waals surface area contributed by atoms with Crippen LogP contribution in [0.3, 0.4) is 0 Å². The van der Waals surface area contributed by atoms with Gasteiger partial charge in [-0.05, 0) is 29.0 Å². The molecular weight excluding hydrogens is 293 g/mol. The van der Waals surface area contributed by atoms with Crippen LogP contribution in [0.4, 0.5) is 4.39 Å². The third-order valence-electron chi connectivity index (χ3n) is 1.76. The van der Waals surface area contributed by atoms with E-state index in [4.69, 9.17) is 0 Å². The van der Waals surface area contributed by atoms with Crippen LogP contribution in [0.15, 0.2) is 29.2 Å². The smallest absolute Gasteiger partial charge is 0.224 e. The average molecular weight is 302 g/mol. The largest absolute Gasteiger partial charge is 0.228 e. The van der Waals surface area contributed by atoms with E-state index in [1.54, 1.807) is 8.44 Å². The molecule has 0 fully saturated rings. The number of hydrogen-bond acceptors (Lipinski definition) is 4. The standard InChI is InChI=1S/C7H9FO4P2S2/c8-7(16(11,12)14)5-1-3-6(4-2-5)15(9,10)13/h1-4,7H,13-14H2. The van der Waals surface area contributed by atoms with Crippen LogP contribution >= 0.6 is 16.9 Å². The van der Waals surface area contributed by atoms with Crippen LogP contribution in [-0.2, 0) is 18.9 Å². The molecule has 1 rings (SSSR count). The Bertz CT molecular complexity index is 579. The molecule has 3 atom stereocenters. The van der Waals surface area contributed by atoms with Crippen LogP contribution < -0.4 is 0 Å². The summed E-state index contributed by atoms with van der Waals surface area (Å²) in [7, 11) is -4.29. The van der Waals surface area contributed by atoms with Gasteiger partial charge in [-0.1, -0.05) is 12.1 Å². The predicted octanol–water partition coefficient (Wildman–Crippen LogP) is 1.42. The zero-order chi connectivity index (χ0) is 12.6. The van der Waals surface area contributed by atoms with Crippen LogP contribution in [0, 0.1) is 0 Å². The van der Waals surface area contributed by atoms with Crippen molar-refractivity contribution in [1.29, 1.82) is 0 Å². The first-order chi connectivity index (χ1) is 7.12. The van der Waals surface area contributed by atoms with Crippen molar-refractivity contribution in [3.63, 3.8) is 0 Å². The van der Waals surface area contributed by atoms with Gasteiger partial charge in [-0.25, -0.2) is 21.2 Å². The second-order valence-electron chi connectivity index (χ2n) is 3.02. The van der Waals surface area contributed by atoms with Crippen molar-refractivity contribution < 1.29 is 21.2 Å². The summed E-state index contributed by atoms with van der Waals surface area (Å²) < 4.78 is 57.2. The van der Waals surface area contributed by atoms with Crippen molar-refractivity contribution >= 4 is 35.8 Å². The molecule has 9 heteroatoms. The molecule has 0 saturated carbocycles. The van der Waals surface area contributed by atoms with E-state index in [2.05, 4.69) is 0 Å². The highest BCUT2D eigenvalue weighted by atomic mass is 32.7. The Morgan fingerprint density at radius 1 is 1.00 bits per heavy atom. The molecule has 0 saturated heterocycles. The Morgan fingerprint density at radius 2 is 1.44 bits per heavy atom. The normalized spacial score (nSPS) is 14.7. The zero-order valence-electron chi connectivity index (χ0n) is 7.87. The maximum atomic E-state index is 13.3. The lowest BCUT2D eigenvalue weighted by Crippen LogP contribution is -2.01. The van der Waals surface area contributed by atoms with Gasteiger partial charge in [0, 0.05) is 5.56 Å². The van der Waals surface area contributed by atoms with Crippen molar-refractivity contribution in [3.05, 3.63) is 29.8 Å². The molecule has 0 aliphatic carbocycles. The molecule has 0 aliphatic heterocycles. The second-order valence-corrected chi connectivity index (χ2v) is 10.0. The SMILES string of the molecule is O=S(=O)(P)c1ccc(C(F)S(=O)(=O)P)cc1. The monoisotopic (exact) mass is 302 g/mol. The highest BCUT2D eigenvalue weighted by molar-refractivity contribution is 8.37. The molecule has 3 unspecified atom stereocenters. The van der Waals surface area contributed by atoms with Gasteiger partial charge in [0.25, 0.3) is 0 Å². The topological polar surface area (TPSA) is 68.3 Å². The third-order valence-corrected chi connectivity index (χ3v) is 5.07. The van der Waals surface area contributed by atoms with Crippen molar-refractivity contribution in [2.24, 2.45) is 0 Å². The van der Waals surface area contributed by atoms with Gasteiger partial charge in [-0.15, -0.1) is 0 Å². The third kappa shape index (κ3) is 3.45. The fourth-order valence-corrected chi connectivity index (χ4v) is 2.99. The summed E-state index contributed by atoms with van der Waals surface area (Å²) in [5.74, 6) is 0. The van der Waals surface area contributed by atoms with E-state index in [1.807, 2.05) is 0 Å². The van der Waals surface area contributed by atoms with Gasteiger partial charge in [0.05, 0.1) is 4.90 Å². The summed E-state index contributed by atoms with van der Waals surface area (Å²) in [5.41, 5.74) is -2.27. The Morgan fingerprint density at radius 3 is 1.75 bits per heavy atom. The lowest BCUT2D eigenvalue weighted by Gasteiger charge is -2.06. The van der Waals surface area contributed by atoms with Gasteiger partial charge in [0.1, 0.15) is 0 Å². The summed E-state index contributed by atoms with van der Waals surface area (Å²) >= 11 is 0. The molecule has 0 aliphatic rings. The highest BCUT2D eigenvalue weighted by Gasteiger charge is 2.22. The minimum atomic E-state index is -3.91. The van der Waals surface area contributed by atoms with Crippen LogP contribution in [-0.4, -0.2) is 16.8 Å². The summed E-state index contributed by atoms with van der Waals surface area (Å²) in [6.07, 6.45) is 0. The molecule has 90 valence electrons. The van der Waals surface area contributed by atoms with E-state index >= 15 is 0 Å². The zero-order valence-corrected chi connectivity index (χ0v) is 11.8. The molecule has 1 aromatic carbocycles. The first-order valence-electron chi connectivity index (χ1n) is 3.91. The first kappa shape index (κ1) is 14.0. The minimum absolute atomic E-state index is 0.0189. The number of rotatable bonds is 3. The van der Waals surface area contributed by atoms with Gasteiger partial charge in [0.2, 0.25) is 5.50 Å². The van der Waals surface area contributed by atoms with Crippen LogP contribution in [0.2, 0.25) is 0 Å². The number of hydrogen-bond donors (Lipinski definition) is 0. The van der Waals surface area contributed by atoms with Crippen molar-refractivity contribution in [1.82, 2.24) is 0 Å². The van der Waals surface area contributed by atoms with Gasteiger partial charge >= 0.3 is 0 Å². The summed E-state index contributed by atoms with van der Waals surface area (Å²) in [4.78, 5) is -0.0189. The van der Waals surface area contributed by atoms with Crippen molar-refractivity contribution in [3.8, 4) is 0 Å². The Hall–Kier alpha value is -0.0900. The van der Waals surface area contributed by atoms with E-state index in [9.17, 15) is 21.2 Å². The number of alkyl halides is 1. The summed E-state index contributed by atoms with van der Waals surface area (Å²) in [5, 5.41) is 0. The average Bonchev–Trinajstić information content (AvgIpc) is 2.14. The molecule has 0 bridgehead atoms. The van der Waals surface area contributed by atoms with Crippen molar-refractivity contribution in [2.45, 2.75) is 10.4 Å². The minimum Gasteiger partial charge on any atom is -0.224 e. The lowest BCUT2D eigenvalue weighted by molar-refractivity contribution is 0.438. The molecule has 16 heavy (non-hydrogen) atoms. The quantitative estimate of drug-likeness (QED) is 0.792. The molecule has 1 aromatic rings. The number of benzene rings is 1. The molecule has 0 radical (unpaired) electrons. The Balaban J connectivity index is 3.15. The second kappa shape index (κ2) is 4.65. The van der Waals surface area contributed by atoms with E-state index in [0.717, 1.165) is 24.3 Å². The molecule has 0 spiro atoms. The van der Waals surface area contributed by atoms with E-state index in [1.165, 1.54) is 8.44 Å². The van der Waals surface area contributed by atoms with Crippen LogP contribution in [0.1, 0.15) is 11.1 Å². The lowest BCUT2D eigenvalue weighted by atomic mass is 10.2. The fraction of sp³-hybridized carbons (Fsp3) is 0.143. The van der Waals surface area contributed by atoms with E-state index < -0.39 is 24.4 Å². The van der Waals surface area contributed by atoms with Gasteiger partial charge in [0.15, 0.2) is 18.9 Å².